The van der Waals surface area contributed by atoms with Crippen LogP contribution in [0.2, 0.25) is 0 Å². The number of carbonyl (C=O) groups excluding carboxylic acids is 1. The number of hydrogen-bond acceptors (Lipinski definition) is 5. The van der Waals surface area contributed by atoms with E-state index in [1.807, 2.05) is 12.1 Å². The maximum atomic E-state index is 12.1. The molecule has 0 aliphatic rings. The SMILES string of the molecule is COc1cc(/C=N\NC(=O)c2ccccc2O)ccc1OCc1c(C)c(C)c(Br)c(C)c1C. The van der Waals surface area contributed by atoms with E-state index >= 15 is 0 Å². The van der Waals surface area contributed by atoms with Crippen molar-refractivity contribution in [2.24, 2.45) is 5.10 Å². The van der Waals surface area contributed by atoms with Gasteiger partial charge in [-0.1, -0.05) is 28.1 Å². The van der Waals surface area contributed by atoms with Crippen LogP contribution in [0.4, 0.5) is 0 Å². The highest BCUT2D eigenvalue weighted by atomic mass is 79.9. The first-order chi connectivity index (χ1) is 15.7. The number of hydrazone groups is 1. The first kappa shape index (κ1) is 24.3. The molecular weight excluding hydrogens is 484 g/mol. The van der Waals surface area contributed by atoms with Gasteiger partial charge in [-0.15, -0.1) is 0 Å². The Balaban J connectivity index is 1.72. The van der Waals surface area contributed by atoms with Crippen molar-refractivity contribution in [3.63, 3.8) is 0 Å². The summed E-state index contributed by atoms with van der Waals surface area (Å²) < 4.78 is 12.7. The number of methoxy groups -OCH3 is 1. The molecule has 0 heterocycles. The summed E-state index contributed by atoms with van der Waals surface area (Å²) in [6, 6.07) is 11.7. The Hall–Kier alpha value is -3.32. The van der Waals surface area contributed by atoms with Gasteiger partial charge in [-0.3, -0.25) is 4.79 Å². The van der Waals surface area contributed by atoms with E-state index in [0.717, 1.165) is 15.6 Å². The molecule has 0 unspecified atom stereocenters. The van der Waals surface area contributed by atoms with Gasteiger partial charge < -0.3 is 14.6 Å². The van der Waals surface area contributed by atoms with Crippen LogP contribution >= 0.6 is 15.9 Å². The van der Waals surface area contributed by atoms with Crippen molar-refractivity contribution in [3.8, 4) is 17.2 Å². The molecule has 172 valence electrons. The van der Waals surface area contributed by atoms with Crippen molar-refractivity contribution in [2.75, 3.05) is 7.11 Å². The Morgan fingerprint density at radius 1 is 1.03 bits per heavy atom. The molecule has 0 saturated carbocycles. The number of halogens is 1. The lowest BCUT2D eigenvalue weighted by Gasteiger charge is -2.19. The number of ether oxygens (including phenoxy) is 2. The molecule has 0 fully saturated rings. The number of phenolic OH excluding ortho intramolecular Hbond substituents is 1. The third kappa shape index (κ3) is 5.37. The molecule has 0 aliphatic heterocycles. The largest absolute Gasteiger partial charge is 0.507 e. The highest BCUT2D eigenvalue weighted by molar-refractivity contribution is 9.10. The smallest absolute Gasteiger partial charge is 0.275 e. The number of carbonyl (C=O) groups is 1. The minimum absolute atomic E-state index is 0.102. The van der Waals surface area contributed by atoms with Gasteiger partial charge >= 0.3 is 0 Å². The van der Waals surface area contributed by atoms with Gasteiger partial charge in [-0.25, -0.2) is 5.43 Å². The van der Waals surface area contributed by atoms with E-state index in [9.17, 15) is 9.90 Å². The van der Waals surface area contributed by atoms with Gasteiger partial charge in [0.15, 0.2) is 11.5 Å². The molecule has 3 aromatic carbocycles. The van der Waals surface area contributed by atoms with E-state index in [2.05, 4.69) is 54.2 Å². The number of amides is 1. The van der Waals surface area contributed by atoms with Gasteiger partial charge in [0, 0.05) is 4.47 Å². The number of nitrogens with zero attached hydrogens (tertiary/aromatic N) is 1. The lowest BCUT2D eigenvalue weighted by molar-refractivity contribution is 0.0952. The first-order valence-electron chi connectivity index (χ1n) is 10.4. The number of para-hydroxylation sites is 1. The Bertz CT molecular complexity index is 1190. The fourth-order valence-electron chi connectivity index (χ4n) is 3.49. The summed E-state index contributed by atoms with van der Waals surface area (Å²) in [7, 11) is 1.58. The van der Waals surface area contributed by atoms with Crippen LogP contribution in [0.5, 0.6) is 17.2 Å². The van der Waals surface area contributed by atoms with Crippen LogP contribution in [0.25, 0.3) is 0 Å². The van der Waals surface area contributed by atoms with E-state index in [4.69, 9.17) is 9.47 Å². The molecule has 7 heteroatoms. The number of aromatic hydroxyl groups is 1. The van der Waals surface area contributed by atoms with Crippen LogP contribution in [0.1, 0.15) is 43.7 Å². The van der Waals surface area contributed by atoms with Gasteiger partial charge in [-0.2, -0.15) is 5.10 Å². The minimum Gasteiger partial charge on any atom is -0.507 e. The zero-order valence-corrected chi connectivity index (χ0v) is 20.9. The third-order valence-electron chi connectivity index (χ3n) is 5.78. The van der Waals surface area contributed by atoms with Crippen molar-refractivity contribution < 1.29 is 19.4 Å². The van der Waals surface area contributed by atoms with Crippen LogP contribution < -0.4 is 14.9 Å². The van der Waals surface area contributed by atoms with Crippen LogP contribution in [-0.2, 0) is 6.61 Å². The summed E-state index contributed by atoms with van der Waals surface area (Å²) in [6.45, 7) is 8.83. The fourth-order valence-corrected chi connectivity index (χ4v) is 4.08. The number of hydrogen-bond donors (Lipinski definition) is 2. The average Bonchev–Trinajstić information content (AvgIpc) is 2.82. The molecular formula is C26H27BrN2O4. The molecule has 1 amide bonds. The predicted molar refractivity (Wildman–Crippen MR) is 134 cm³/mol. The van der Waals surface area contributed by atoms with Crippen molar-refractivity contribution in [3.05, 3.63) is 85.9 Å². The quantitative estimate of drug-likeness (QED) is 0.313. The molecule has 3 aromatic rings. The normalized spacial score (nSPS) is 11.0. The van der Waals surface area contributed by atoms with Crippen molar-refractivity contribution in [2.45, 2.75) is 34.3 Å². The van der Waals surface area contributed by atoms with Gasteiger partial charge in [0.1, 0.15) is 12.4 Å². The molecule has 0 bridgehead atoms. The number of rotatable bonds is 7. The maximum absolute atomic E-state index is 12.1. The summed E-state index contributed by atoms with van der Waals surface area (Å²) in [6.07, 6.45) is 1.50. The van der Waals surface area contributed by atoms with Crippen LogP contribution in [0, 0.1) is 27.7 Å². The molecule has 0 spiro atoms. The second-order valence-electron chi connectivity index (χ2n) is 7.71. The lowest BCUT2D eigenvalue weighted by Crippen LogP contribution is -2.17. The summed E-state index contributed by atoms with van der Waals surface area (Å²) in [5, 5.41) is 13.7. The highest BCUT2D eigenvalue weighted by Gasteiger charge is 2.15. The summed E-state index contributed by atoms with van der Waals surface area (Å²) >= 11 is 3.68. The molecule has 0 aromatic heterocycles. The standard InChI is InChI=1S/C26H27BrN2O4/c1-15-17(3)25(27)18(4)16(2)21(15)14-33-23-11-10-19(12-24(23)32-5)13-28-29-26(31)20-8-6-7-9-22(20)30/h6-13,30H,14H2,1-5H3,(H,29,31)/b28-13-. The van der Waals surface area contributed by atoms with E-state index in [1.54, 1.807) is 25.3 Å². The Morgan fingerprint density at radius 2 is 1.70 bits per heavy atom. The van der Waals surface area contributed by atoms with E-state index in [0.29, 0.717) is 18.1 Å². The molecule has 2 N–H and O–H groups in total. The molecule has 0 aliphatic carbocycles. The monoisotopic (exact) mass is 510 g/mol. The third-order valence-corrected chi connectivity index (χ3v) is 6.97. The first-order valence-corrected chi connectivity index (χ1v) is 11.2. The average molecular weight is 511 g/mol. The fraction of sp³-hybridized carbons (Fsp3) is 0.231. The van der Waals surface area contributed by atoms with Crippen molar-refractivity contribution >= 4 is 28.1 Å². The molecule has 0 radical (unpaired) electrons. The number of phenols is 1. The van der Waals surface area contributed by atoms with Crippen LogP contribution in [0.15, 0.2) is 52.0 Å². The summed E-state index contributed by atoms with van der Waals surface area (Å²) in [5.41, 5.74) is 9.27. The van der Waals surface area contributed by atoms with Gasteiger partial charge in [-0.05, 0) is 91.4 Å². The summed E-state index contributed by atoms with van der Waals surface area (Å²) in [4.78, 5) is 12.1. The van der Waals surface area contributed by atoms with E-state index < -0.39 is 5.91 Å². The molecule has 0 atom stereocenters. The van der Waals surface area contributed by atoms with Crippen LogP contribution in [-0.4, -0.2) is 24.3 Å². The molecule has 6 nitrogen and oxygen atoms in total. The number of nitrogens with one attached hydrogen (secondary N) is 1. The second-order valence-corrected chi connectivity index (χ2v) is 8.50. The Kier molecular flexibility index (Phi) is 7.76. The van der Waals surface area contributed by atoms with E-state index in [1.165, 1.54) is 40.6 Å². The van der Waals surface area contributed by atoms with Gasteiger partial charge in [0.2, 0.25) is 0 Å². The molecule has 0 saturated heterocycles. The van der Waals surface area contributed by atoms with Crippen molar-refractivity contribution in [1.82, 2.24) is 5.43 Å². The second kappa shape index (κ2) is 10.5. The number of benzene rings is 3. The summed E-state index contributed by atoms with van der Waals surface area (Å²) in [5.74, 6) is 0.578. The Morgan fingerprint density at radius 3 is 2.33 bits per heavy atom. The maximum Gasteiger partial charge on any atom is 0.275 e. The predicted octanol–water partition coefficient (Wildman–Crippen LogP) is 5.74. The van der Waals surface area contributed by atoms with Crippen LogP contribution in [0.3, 0.4) is 0 Å². The topological polar surface area (TPSA) is 80.2 Å². The zero-order chi connectivity index (χ0) is 24.1. The Labute approximate surface area is 202 Å². The molecule has 33 heavy (non-hydrogen) atoms. The highest BCUT2D eigenvalue weighted by Crippen LogP contribution is 2.33. The zero-order valence-electron chi connectivity index (χ0n) is 19.3. The molecule has 3 rings (SSSR count). The van der Waals surface area contributed by atoms with E-state index in [-0.39, 0.29) is 11.3 Å². The minimum atomic E-state index is -0.498. The van der Waals surface area contributed by atoms with Gasteiger partial charge in [0.25, 0.3) is 5.91 Å². The lowest BCUT2D eigenvalue weighted by atomic mass is 9.95. The van der Waals surface area contributed by atoms with Crippen molar-refractivity contribution in [1.29, 1.82) is 0 Å². The van der Waals surface area contributed by atoms with Gasteiger partial charge in [0.05, 0.1) is 18.9 Å².